The standard InChI is InChI=1S/C67H49N/c1-65(2)55-27-10-5-20-48(55)52-39-36-43(41-61(52)65)42-34-37-45(38-35-42)68(46-19-15-18-44(40-46)47-25-16-26-53-51-23-6-11-28-56(51)66(3,4)64(47)53)62-33-17-32-60-63(62)54-24-9-14-31-59(54)67(60)57-29-12-7-21-49(57)50-22-8-13-30-58(50)67/h5-41H,1-4H3. The molecule has 1 heteroatoms. The van der Waals surface area contributed by atoms with Crippen molar-refractivity contribution in [1.29, 1.82) is 0 Å². The van der Waals surface area contributed by atoms with Crippen molar-refractivity contribution in [2.24, 2.45) is 0 Å². The lowest BCUT2D eigenvalue weighted by Crippen LogP contribution is -2.26. The smallest absolute Gasteiger partial charge is 0.0726 e. The summed E-state index contributed by atoms with van der Waals surface area (Å²) >= 11 is 0. The molecule has 0 aromatic heterocycles. The summed E-state index contributed by atoms with van der Waals surface area (Å²) in [6, 6.07) is 84.9. The first kappa shape index (κ1) is 39.2. The molecule has 0 atom stereocenters. The summed E-state index contributed by atoms with van der Waals surface area (Å²) in [6.45, 7) is 9.51. The molecule has 0 radical (unpaired) electrons. The molecule has 0 amide bonds. The van der Waals surface area contributed by atoms with Gasteiger partial charge in [0, 0.05) is 27.8 Å². The first-order chi connectivity index (χ1) is 33.3. The van der Waals surface area contributed by atoms with E-state index in [2.05, 4.69) is 257 Å². The van der Waals surface area contributed by atoms with Crippen molar-refractivity contribution < 1.29 is 0 Å². The van der Waals surface area contributed by atoms with Gasteiger partial charge in [-0.3, -0.25) is 0 Å². The molecule has 68 heavy (non-hydrogen) atoms. The Labute approximate surface area is 399 Å². The normalized spacial score (nSPS) is 15.1. The molecule has 10 aromatic rings. The molecule has 0 bridgehead atoms. The summed E-state index contributed by atoms with van der Waals surface area (Å²) in [5.41, 5.74) is 29.2. The van der Waals surface area contributed by atoms with Gasteiger partial charge < -0.3 is 4.90 Å². The fourth-order valence-electron chi connectivity index (χ4n) is 13.3. The van der Waals surface area contributed by atoms with Gasteiger partial charge >= 0.3 is 0 Å². The molecule has 0 saturated carbocycles. The van der Waals surface area contributed by atoms with Gasteiger partial charge in [0.25, 0.3) is 0 Å². The lowest BCUT2D eigenvalue weighted by molar-refractivity contribution is 0.660. The zero-order chi connectivity index (χ0) is 45.5. The van der Waals surface area contributed by atoms with E-state index in [1.165, 1.54) is 117 Å². The highest BCUT2D eigenvalue weighted by atomic mass is 15.1. The molecule has 4 aliphatic carbocycles. The first-order valence-electron chi connectivity index (χ1n) is 24.2. The Morgan fingerprint density at radius 1 is 0.279 bits per heavy atom. The van der Waals surface area contributed by atoms with E-state index >= 15 is 0 Å². The molecule has 10 aromatic carbocycles. The molecule has 0 saturated heterocycles. The molecule has 0 aliphatic heterocycles. The van der Waals surface area contributed by atoms with Crippen LogP contribution in [0.1, 0.15) is 72.2 Å². The summed E-state index contributed by atoms with van der Waals surface area (Å²) in [7, 11) is 0. The fraction of sp³-hybridized carbons (Fsp3) is 0.104. The van der Waals surface area contributed by atoms with Crippen molar-refractivity contribution in [3.05, 3.63) is 269 Å². The fourth-order valence-corrected chi connectivity index (χ4v) is 13.3. The van der Waals surface area contributed by atoms with Crippen LogP contribution in [0, 0.1) is 0 Å². The summed E-state index contributed by atoms with van der Waals surface area (Å²) in [5, 5.41) is 0. The van der Waals surface area contributed by atoms with Crippen molar-refractivity contribution in [2.75, 3.05) is 4.90 Å². The summed E-state index contributed by atoms with van der Waals surface area (Å²) in [6.07, 6.45) is 0. The molecule has 1 spiro atoms. The van der Waals surface area contributed by atoms with Gasteiger partial charge in [-0.15, -0.1) is 0 Å². The van der Waals surface area contributed by atoms with E-state index in [0.717, 1.165) is 11.4 Å². The minimum Gasteiger partial charge on any atom is -0.310 e. The highest BCUT2D eigenvalue weighted by Gasteiger charge is 2.52. The maximum absolute atomic E-state index is 2.53. The number of benzene rings is 10. The Morgan fingerprint density at radius 3 is 1.43 bits per heavy atom. The number of nitrogens with zero attached hydrogens (tertiary/aromatic N) is 1. The van der Waals surface area contributed by atoms with E-state index in [-0.39, 0.29) is 10.8 Å². The second kappa shape index (κ2) is 14.0. The SMILES string of the molecule is CC1(C)c2ccccc2-c2ccc(-c3ccc(N(c4cccc(-c5cccc6c5C(C)(C)c5ccccc5-6)c4)c4cccc5c4-c4ccccc4C54c5ccccc5-c5ccccc54)cc3)cc21. The van der Waals surface area contributed by atoms with Gasteiger partial charge in [-0.05, 0) is 142 Å². The number of anilines is 3. The van der Waals surface area contributed by atoms with E-state index in [9.17, 15) is 0 Å². The number of hydrogen-bond donors (Lipinski definition) is 0. The van der Waals surface area contributed by atoms with Gasteiger partial charge in [0.05, 0.1) is 11.1 Å². The average Bonchev–Trinajstić information content (AvgIpc) is 4.02. The van der Waals surface area contributed by atoms with Gasteiger partial charge in [0.1, 0.15) is 0 Å². The third-order valence-electron chi connectivity index (χ3n) is 16.3. The summed E-state index contributed by atoms with van der Waals surface area (Å²) < 4.78 is 0. The maximum atomic E-state index is 2.53. The molecular formula is C67H49N. The highest BCUT2D eigenvalue weighted by Crippen LogP contribution is 2.65. The Morgan fingerprint density at radius 2 is 0.750 bits per heavy atom. The van der Waals surface area contributed by atoms with Crippen molar-refractivity contribution in [2.45, 2.75) is 43.9 Å². The largest absolute Gasteiger partial charge is 0.310 e. The molecule has 4 aliphatic rings. The van der Waals surface area contributed by atoms with E-state index in [1.807, 2.05) is 0 Å². The quantitative estimate of drug-likeness (QED) is 0.167. The number of rotatable bonds is 5. The van der Waals surface area contributed by atoms with Crippen LogP contribution in [-0.2, 0) is 16.2 Å². The predicted molar refractivity (Wildman–Crippen MR) is 283 cm³/mol. The van der Waals surface area contributed by atoms with Crippen molar-refractivity contribution in [3.63, 3.8) is 0 Å². The van der Waals surface area contributed by atoms with Gasteiger partial charge in [0.15, 0.2) is 0 Å². The van der Waals surface area contributed by atoms with Crippen LogP contribution in [0.15, 0.2) is 224 Å². The average molecular weight is 868 g/mol. The third kappa shape index (κ3) is 5.11. The van der Waals surface area contributed by atoms with E-state index < -0.39 is 5.41 Å². The number of hydrogen-bond acceptors (Lipinski definition) is 1. The van der Waals surface area contributed by atoms with Crippen LogP contribution in [0.25, 0.3) is 66.8 Å². The van der Waals surface area contributed by atoms with Crippen LogP contribution in [0.2, 0.25) is 0 Å². The van der Waals surface area contributed by atoms with E-state index in [1.54, 1.807) is 0 Å². The van der Waals surface area contributed by atoms with E-state index in [0.29, 0.717) is 0 Å². The number of fused-ring (bicyclic) bond motifs is 16. The topological polar surface area (TPSA) is 3.24 Å². The minimum absolute atomic E-state index is 0.0672. The van der Waals surface area contributed by atoms with Crippen molar-refractivity contribution >= 4 is 17.1 Å². The molecule has 0 N–H and O–H groups in total. The maximum Gasteiger partial charge on any atom is 0.0726 e. The Kier molecular flexibility index (Phi) is 8.08. The summed E-state index contributed by atoms with van der Waals surface area (Å²) in [5.74, 6) is 0. The van der Waals surface area contributed by atoms with Crippen LogP contribution in [-0.4, -0.2) is 0 Å². The Balaban J connectivity index is 0.974. The van der Waals surface area contributed by atoms with Crippen molar-refractivity contribution in [1.82, 2.24) is 0 Å². The van der Waals surface area contributed by atoms with Crippen LogP contribution < -0.4 is 4.90 Å². The second-order valence-corrected chi connectivity index (χ2v) is 20.3. The lowest BCUT2D eigenvalue weighted by atomic mass is 9.70. The molecule has 0 unspecified atom stereocenters. The zero-order valence-corrected chi connectivity index (χ0v) is 38.8. The lowest BCUT2D eigenvalue weighted by Gasteiger charge is -2.32. The summed E-state index contributed by atoms with van der Waals surface area (Å²) in [4.78, 5) is 2.53. The third-order valence-corrected chi connectivity index (χ3v) is 16.3. The Hall–Kier alpha value is -8.00. The van der Waals surface area contributed by atoms with E-state index in [4.69, 9.17) is 0 Å². The minimum atomic E-state index is -0.446. The van der Waals surface area contributed by atoms with Crippen LogP contribution in [0.3, 0.4) is 0 Å². The molecule has 0 heterocycles. The monoisotopic (exact) mass is 867 g/mol. The van der Waals surface area contributed by atoms with Crippen LogP contribution >= 0.6 is 0 Å². The highest BCUT2D eigenvalue weighted by molar-refractivity contribution is 6.01. The van der Waals surface area contributed by atoms with Gasteiger partial charge in [-0.25, -0.2) is 0 Å². The van der Waals surface area contributed by atoms with Crippen LogP contribution in [0.4, 0.5) is 17.1 Å². The van der Waals surface area contributed by atoms with Gasteiger partial charge in [-0.2, -0.15) is 0 Å². The zero-order valence-electron chi connectivity index (χ0n) is 38.8. The Bertz CT molecular complexity index is 3700. The molecule has 14 rings (SSSR count). The predicted octanol–water partition coefficient (Wildman–Crippen LogP) is 17.4. The molecule has 0 fully saturated rings. The van der Waals surface area contributed by atoms with Crippen molar-refractivity contribution in [3.8, 4) is 66.8 Å². The van der Waals surface area contributed by atoms with Gasteiger partial charge in [0.2, 0.25) is 0 Å². The second-order valence-electron chi connectivity index (χ2n) is 20.3. The molecular weight excluding hydrogens is 819 g/mol. The first-order valence-corrected chi connectivity index (χ1v) is 24.2. The molecule has 322 valence electrons. The van der Waals surface area contributed by atoms with Crippen LogP contribution in [0.5, 0.6) is 0 Å². The molecule has 1 nitrogen and oxygen atoms in total. The van der Waals surface area contributed by atoms with Gasteiger partial charge in [-0.1, -0.05) is 216 Å².